The van der Waals surface area contributed by atoms with Gasteiger partial charge in [-0.15, -0.1) is 6.58 Å². The number of nitrogens with one attached hydrogen (secondary N) is 1. The molecule has 2 atom stereocenters. The summed E-state index contributed by atoms with van der Waals surface area (Å²) >= 11 is 0. The zero-order chi connectivity index (χ0) is 20.9. The molecule has 1 N–H and O–H groups in total. The molecular formula is C27H45N. The van der Waals surface area contributed by atoms with E-state index < -0.39 is 0 Å². The van der Waals surface area contributed by atoms with Crippen molar-refractivity contribution in [3.63, 3.8) is 0 Å². The number of aryl methyl sites for hydroxylation is 2. The van der Waals surface area contributed by atoms with E-state index in [1.54, 1.807) is 0 Å². The van der Waals surface area contributed by atoms with Crippen LogP contribution in [0.25, 0.3) is 5.70 Å². The first-order chi connectivity index (χ1) is 13.4. The van der Waals surface area contributed by atoms with Crippen LogP contribution in [0.1, 0.15) is 95.8 Å². The van der Waals surface area contributed by atoms with E-state index in [0.29, 0.717) is 5.92 Å². The van der Waals surface area contributed by atoms with Gasteiger partial charge in [-0.05, 0) is 80.5 Å². The minimum atomic E-state index is 0.685. The van der Waals surface area contributed by atoms with Gasteiger partial charge in [0, 0.05) is 12.2 Å². The SMILES string of the molecule is C=C(C)CC[C@H](CNC(=C)c1ccc(C)c(CCCC)c1)CC(C)CCCC. The summed E-state index contributed by atoms with van der Waals surface area (Å²) in [7, 11) is 0. The minimum absolute atomic E-state index is 0.685. The maximum atomic E-state index is 4.34. The third kappa shape index (κ3) is 9.62. The van der Waals surface area contributed by atoms with Gasteiger partial charge in [-0.25, -0.2) is 0 Å². The second kappa shape index (κ2) is 13.6. The largest absolute Gasteiger partial charge is 0.385 e. The van der Waals surface area contributed by atoms with Crippen LogP contribution in [0.4, 0.5) is 0 Å². The Balaban J connectivity index is 2.68. The van der Waals surface area contributed by atoms with Gasteiger partial charge >= 0.3 is 0 Å². The molecule has 0 heterocycles. The zero-order valence-electron chi connectivity index (χ0n) is 19.4. The van der Waals surface area contributed by atoms with Crippen LogP contribution in [0.15, 0.2) is 36.9 Å². The molecule has 0 aliphatic rings. The lowest BCUT2D eigenvalue weighted by molar-refractivity contribution is 0.346. The van der Waals surface area contributed by atoms with Gasteiger partial charge in [0.15, 0.2) is 0 Å². The van der Waals surface area contributed by atoms with Crippen molar-refractivity contribution in [2.75, 3.05) is 6.54 Å². The molecule has 1 nitrogen and oxygen atoms in total. The summed E-state index contributed by atoms with van der Waals surface area (Å²) in [6, 6.07) is 6.80. The first kappa shape index (κ1) is 24.5. The normalized spacial score (nSPS) is 13.2. The average molecular weight is 384 g/mol. The van der Waals surface area contributed by atoms with Gasteiger partial charge in [-0.3, -0.25) is 0 Å². The van der Waals surface area contributed by atoms with Crippen LogP contribution in [0, 0.1) is 18.8 Å². The van der Waals surface area contributed by atoms with E-state index >= 15 is 0 Å². The van der Waals surface area contributed by atoms with Crippen molar-refractivity contribution < 1.29 is 0 Å². The maximum Gasteiger partial charge on any atom is 0.0340 e. The van der Waals surface area contributed by atoms with Crippen LogP contribution in [-0.2, 0) is 6.42 Å². The molecule has 0 aromatic heterocycles. The van der Waals surface area contributed by atoms with Crippen molar-refractivity contribution in [3.8, 4) is 0 Å². The number of allylic oxidation sites excluding steroid dienone is 1. The zero-order valence-corrected chi connectivity index (χ0v) is 19.4. The fourth-order valence-electron chi connectivity index (χ4n) is 3.86. The number of unbranched alkanes of at least 4 members (excludes halogenated alkanes) is 2. The van der Waals surface area contributed by atoms with E-state index in [2.05, 4.69) is 71.3 Å². The summed E-state index contributed by atoms with van der Waals surface area (Å²) in [4.78, 5) is 0. The van der Waals surface area contributed by atoms with Gasteiger partial charge in [0.25, 0.3) is 0 Å². The van der Waals surface area contributed by atoms with Crippen molar-refractivity contribution in [2.24, 2.45) is 11.8 Å². The summed E-state index contributed by atoms with van der Waals surface area (Å²) in [6.07, 6.45) is 11.3. The Morgan fingerprint density at radius 1 is 1.07 bits per heavy atom. The maximum absolute atomic E-state index is 4.34. The highest BCUT2D eigenvalue weighted by molar-refractivity contribution is 5.62. The number of rotatable bonds is 15. The molecule has 1 heteroatoms. The van der Waals surface area contributed by atoms with E-state index in [0.717, 1.165) is 24.6 Å². The standard InChI is InChI=1S/C27H45N/c1-8-10-12-22(5)18-25(16-14-21(3)4)20-28-24(7)27-17-15-23(6)26(19-27)13-11-9-2/h15,17,19,22,25,28H,3,7-14,16,18,20H2,1-2,4-6H3/t22?,25-/m0/s1. The monoisotopic (exact) mass is 383 g/mol. The molecular weight excluding hydrogens is 338 g/mol. The molecule has 0 saturated carbocycles. The predicted octanol–water partition coefficient (Wildman–Crippen LogP) is 8.09. The van der Waals surface area contributed by atoms with Crippen molar-refractivity contribution in [3.05, 3.63) is 53.6 Å². The third-order valence-corrected chi connectivity index (χ3v) is 5.87. The number of hydrogen-bond acceptors (Lipinski definition) is 1. The van der Waals surface area contributed by atoms with E-state index in [1.165, 1.54) is 73.6 Å². The van der Waals surface area contributed by atoms with Crippen LogP contribution in [0.2, 0.25) is 0 Å². The summed E-state index contributed by atoms with van der Waals surface area (Å²) < 4.78 is 0. The summed E-state index contributed by atoms with van der Waals surface area (Å²) in [5.74, 6) is 1.48. The highest BCUT2D eigenvalue weighted by Gasteiger charge is 2.14. The van der Waals surface area contributed by atoms with Crippen LogP contribution in [0.3, 0.4) is 0 Å². The number of hydrogen-bond donors (Lipinski definition) is 1. The van der Waals surface area contributed by atoms with Crippen LogP contribution in [0.5, 0.6) is 0 Å². The Kier molecular flexibility index (Phi) is 12.0. The Labute approximate surface area is 175 Å². The molecule has 1 aromatic carbocycles. The van der Waals surface area contributed by atoms with Crippen LogP contribution >= 0.6 is 0 Å². The Bertz CT molecular complexity index is 598. The first-order valence-electron chi connectivity index (χ1n) is 11.5. The minimum Gasteiger partial charge on any atom is -0.385 e. The van der Waals surface area contributed by atoms with Gasteiger partial charge < -0.3 is 5.32 Å². The Morgan fingerprint density at radius 3 is 2.43 bits per heavy atom. The predicted molar refractivity (Wildman–Crippen MR) is 128 cm³/mol. The number of benzene rings is 1. The van der Waals surface area contributed by atoms with E-state index in [4.69, 9.17) is 0 Å². The van der Waals surface area contributed by atoms with Gasteiger partial charge in [-0.2, -0.15) is 0 Å². The molecule has 0 aliphatic heterocycles. The fraction of sp³-hybridized carbons (Fsp3) is 0.630. The third-order valence-electron chi connectivity index (χ3n) is 5.87. The molecule has 0 amide bonds. The van der Waals surface area contributed by atoms with Crippen LogP contribution in [-0.4, -0.2) is 6.54 Å². The molecule has 1 aromatic rings. The first-order valence-corrected chi connectivity index (χ1v) is 11.5. The second-order valence-electron chi connectivity index (χ2n) is 8.95. The van der Waals surface area contributed by atoms with E-state index in [1.807, 2.05) is 0 Å². The molecule has 0 radical (unpaired) electrons. The molecule has 0 aliphatic carbocycles. The summed E-state index contributed by atoms with van der Waals surface area (Å²) in [5, 5.41) is 3.66. The van der Waals surface area contributed by atoms with Crippen LogP contribution < -0.4 is 5.32 Å². The molecule has 0 fully saturated rings. The van der Waals surface area contributed by atoms with Gasteiger partial charge in [0.2, 0.25) is 0 Å². The molecule has 0 bridgehead atoms. The smallest absolute Gasteiger partial charge is 0.0340 e. The Morgan fingerprint density at radius 2 is 1.79 bits per heavy atom. The lowest BCUT2D eigenvalue weighted by Gasteiger charge is -2.23. The van der Waals surface area contributed by atoms with Crippen molar-refractivity contribution in [1.82, 2.24) is 5.32 Å². The lowest BCUT2D eigenvalue weighted by atomic mass is 9.88. The molecule has 1 unspecified atom stereocenters. The average Bonchev–Trinajstić information content (AvgIpc) is 2.67. The quantitative estimate of drug-likeness (QED) is 0.302. The molecule has 158 valence electrons. The van der Waals surface area contributed by atoms with E-state index in [-0.39, 0.29) is 0 Å². The molecule has 0 saturated heterocycles. The van der Waals surface area contributed by atoms with Gasteiger partial charge in [0.05, 0.1) is 0 Å². The van der Waals surface area contributed by atoms with E-state index in [9.17, 15) is 0 Å². The van der Waals surface area contributed by atoms with Crippen molar-refractivity contribution >= 4 is 5.70 Å². The lowest BCUT2D eigenvalue weighted by Crippen LogP contribution is -2.23. The second-order valence-corrected chi connectivity index (χ2v) is 8.95. The molecule has 28 heavy (non-hydrogen) atoms. The topological polar surface area (TPSA) is 12.0 Å². The Hall–Kier alpha value is -1.50. The van der Waals surface area contributed by atoms with Crippen molar-refractivity contribution in [2.45, 2.75) is 92.4 Å². The molecule has 1 rings (SSSR count). The van der Waals surface area contributed by atoms with Crippen molar-refractivity contribution in [1.29, 1.82) is 0 Å². The summed E-state index contributed by atoms with van der Waals surface area (Å²) in [6.45, 7) is 20.8. The van der Waals surface area contributed by atoms with Gasteiger partial charge in [-0.1, -0.05) is 70.7 Å². The molecule has 0 spiro atoms. The van der Waals surface area contributed by atoms with Gasteiger partial charge in [0.1, 0.15) is 0 Å². The highest BCUT2D eigenvalue weighted by atomic mass is 14.9. The fourth-order valence-corrected chi connectivity index (χ4v) is 3.86. The highest BCUT2D eigenvalue weighted by Crippen LogP contribution is 2.24. The summed E-state index contributed by atoms with van der Waals surface area (Å²) in [5.41, 5.74) is 6.47.